The number of carbonyl (C=O) groups excluding carboxylic acids is 7. The number of nitrogens with two attached hydrogens (primary N) is 1. The lowest BCUT2D eigenvalue weighted by molar-refractivity contribution is -0.139. The smallest absolute Gasteiger partial charge is 0.408 e. The SMILES string of the molecule is C.C.CC(N)C(=O)c1ccc(F)cc1.CC(NC(=O)OC(C)(C)C)C(=O)O.CC(NC(=O)OC(C)(C)C)C(=O)c1ccc(F)cc1.CC(NS(C)(=O)=O)C(=O)c1ccc(F)cc1.CI.CNOC.COC(C)C(=O)C(C)NC(=O)OC(C)(C)C.CS(=O)(=O)Cl.Cl.Cl.FI.Fc1ccc(Br)cc1.[2H]I. The van der Waals surface area contributed by atoms with Crippen LogP contribution in [0.25, 0.3) is 0 Å². The van der Waals surface area contributed by atoms with Crippen molar-refractivity contribution in [1.82, 2.24) is 26.2 Å². The number of halogens is 12. The zero-order chi connectivity index (χ0) is 79.6. The average Bonchev–Trinajstić information content (AvgIpc) is 0.878. The summed E-state index contributed by atoms with van der Waals surface area (Å²) in [5.74, 6) is -3.56. The highest BCUT2D eigenvalue weighted by molar-refractivity contribution is 14.1. The molecule has 3 amide bonds. The molecule has 0 heterocycles. The summed E-state index contributed by atoms with van der Waals surface area (Å²) in [6.45, 7) is 24.8. The Hall–Kier alpha value is -4.27. The first kappa shape index (κ1) is 119. The summed E-state index contributed by atoms with van der Waals surface area (Å²) in [6, 6.07) is 17.9. The molecule has 6 atom stereocenters. The minimum atomic E-state index is -3.43. The number of aliphatic carboxylic acids is 1. The number of methoxy groups -OCH3 is 1. The first-order valence-electron chi connectivity index (χ1n) is 28.5. The van der Waals surface area contributed by atoms with E-state index in [0.29, 0.717) is 34.3 Å². The molecule has 4 aromatic carbocycles. The van der Waals surface area contributed by atoms with Gasteiger partial charge in [0.25, 0.3) is 0 Å². The largest absolute Gasteiger partial charge is 0.480 e. The van der Waals surface area contributed by atoms with Crippen molar-refractivity contribution in [3.8, 4) is 0 Å². The third kappa shape index (κ3) is 75.4. The Labute approximate surface area is 670 Å². The number of amides is 3. The Morgan fingerprint density at radius 1 is 0.539 bits per heavy atom. The summed E-state index contributed by atoms with van der Waals surface area (Å²) in [5, 5.41) is 15.5. The summed E-state index contributed by atoms with van der Waals surface area (Å²) in [5.41, 5.74) is 7.05. The van der Waals surface area contributed by atoms with Crippen LogP contribution in [0.15, 0.2) is 102 Å². The number of benzene rings is 4. The predicted octanol–water partition coefficient (Wildman–Crippen LogP) is 15.3. The van der Waals surface area contributed by atoms with Crippen LogP contribution in [-0.4, -0.2) is 162 Å². The van der Waals surface area contributed by atoms with Gasteiger partial charge in [0.1, 0.15) is 52.8 Å². The van der Waals surface area contributed by atoms with Crippen molar-refractivity contribution in [3.05, 3.63) is 141 Å². The van der Waals surface area contributed by atoms with Gasteiger partial charge < -0.3 is 50.6 Å². The molecular weight excluding hydrogens is 1870 g/mol. The molecule has 0 fully saturated rings. The van der Waals surface area contributed by atoms with Gasteiger partial charge in [0, 0.05) is 46.0 Å². The van der Waals surface area contributed by atoms with Gasteiger partial charge in [-0.05, 0) is 206 Å². The van der Waals surface area contributed by atoms with E-state index in [9.17, 15) is 75.6 Å². The van der Waals surface area contributed by atoms with Gasteiger partial charge in [0.05, 0.1) is 43.8 Å². The number of carboxylic acid groups (broad SMARTS) is 1. The highest BCUT2D eigenvalue weighted by Gasteiger charge is 2.26. The van der Waals surface area contributed by atoms with Crippen LogP contribution >= 0.6 is 121 Å². The maximum Gasteiger partial charge on any atom is 0.408 e. The lowest BCUT2D eigenvalue weighted by Crippen LogP contribution is -2.45. The standard InChI is InChI=1S/C14H18FNO3.C11H21NO4.C10H12FNO3S.C9H10FNO.C8H15NO4.C6H4BrF.C2H7NO.CH3ClO2S.CH3I.2CH4.2ClH.FI.HI/c1-9(16-13(18)19-14(2,3)4)12(17)10-5-7-11(15)8-6-10;1-7(9(13)8(2)15-6)12-10(14)16-11(3,4)5;1-7(12-16(2,14)15)10(13)8-3-5-9(11)6-4-8;1-6(11)9(12)7-2-4-8(10)5-3-7;1-5(6(10)11)9-7(12)13-8(2,3)4;7-5-1-3-6(8)4-2-5;1-3-4-2;1-5(2,3)4;1-2;;;;;1-2;/h5-9H,1-4H3,(H,16,18);7-8H,1-6H3,(H,12,14);3-7,12H,1-2H3;2-6H,11H2,1H3;5H,1-4H3,(H,9,12)(H,10,11);1-4H;3H,1-2H3;1H3;1H3;2*1H4;2*1H;;1H/i/hD. The third-order valence-electron chi connectivity index (χ3n) is 9.74. The lowest BCUT2D eigenvalue weighted by atomic mass is 10.1. The number of hydrogen-bond donors (Lipinski definition) is 7. The molecule has 0 aliphatic carbocycles. The number of carboxylic acids is 1. The fourth-order valence-electron chi connectivity index (χ4n) is 5.53. The predicted molar refractivity (Wildman–Crippen MR) is 428 cm³/mol. The molecule has 38 heteroatoms. The number of carbonyl (C=O) groups is 8. The first-order chi connectivity index (χ1) is 45.2. The molecule has 102 heavy (non-hydrogen) atoms. The van der Waals surface area contributed by atoms with Gasteiger partial charge in [0.2, 0.25) is 19.1 Å². The lowest BCUT2D eigenvalue weighted by Gasteiger charge is -2.22. The Balaban J connectivity index is -0.000000106. The van der Waals surface area contributed by atoms with Gasteiger partial charge >= 0.3 is 24.2 Å². The van der Waals surface area contributed by atoms with Crippen LogP contribution in [0.1, 0.15) is 150 Å². The number of sulfonamides is 1. The van der Waals surface area contributed by atoms with E-state index in [0.717, 1.165) is 29.1 Å². The Morgan fingerprint density at radius 2 is 0.775 bits per heavy atom. The van der Waals surface area contributed by atoms with E-state index in [4.69, 9.17) is 30.4 Å². The fourth-order valence-corrected chi connectivity index (χ4v) is 6.54. The number of Topliss-reactive ketones (excluding diaryl/α,β-unsaturated/α-hetero) is 4. The molecule has 0 aromatic heterocycles. The van der Waals surface area contributed by atoms with Crippen molar-refractivity contribution in [2.24, 2.45) is 5.73 Å². The summed E-state index contributed by atoms with van der Waals surface area (Å²) in [7, 11) is 2.60. The van der Waals surface area contributed by atoms with E-state index in [1.54, 1.807) is 116 Å². The van der Waals surface area contributed by atoms with Crippen molar-refractivity contribution in [1.29, 1.82) is 0.594 Å². The van der Waals surface area contributed by atoms with Crippen molar-refractivity contribution in [3.63, 3.8) is 0 Å². The second-order valence-corrected chi connectivity index (χ2v) is 28.0. The quantitative estimate of drug-likeness (QED) is 0.0104. The number of nitrogens with one attached hydrogen (secondary N) is 5. The zero-order valence-electron chi connectivity index (χ0n) is 60.1. The summed E-state index contributed by atoms with van der Waals surface area (Å²) >= 11 is 7.38. The second-order valence-electron chi connectivity index (χ2n) is 22.3. The van der Waals surface area contributed by atoms with Gasteiger partial charge in [-0.1, -0.05) is 53.4 Å². The van der Waals surface area contributed by atoms with E-state index >= 15 is 0 Å². The Kier molecular flexibility index (Phi) is 74.5. The molecule has 24 nitrogen and oxygen atoms in total. The van der Waals surface area contributed by atoms with E-state index in [1.165, 1.54) is 118 Å². The Morgan fingerprint density at radius 3 is 0.990 bits per heavy atom. The summed E-state index contributed by atoms with van der Waals surface area (Å²) < 4.78 is 128. The van der Waals surface area contributed by atoms with E-state index in [-0.39, 0.29) is 74.2 Å². The molecule has 0 aliphatic heterocycles. The summed E-state index contributed by atoms with van der Waals surface area (Å²) in [6.07, 6.45) is -0.616. The first-order valence-corrected chi connectivity index (χ1v) is 36.5. The third-order valence-corrected chi connectivity index (χ3v) is 11.0. The minimum absolute atomic E-state index is 0. The van der Waals surface area contributed by atoms with Crippen molar-refractivity contribution < 1.29 is 105 Å². The van der Waals surface area contributed by atoms with Crippen molar-refractivity contribution >= 4 is 187 Å². The zero-order valence-corrected chi connectivity index (χ0v) is 71.2. The number of ketones is 4. The van der Waals surface area contributed by atoms with Crippen LogP contribution in [0, 0.1) is 23.3 Å². The topological polar surface area (TPSA) is 357 Å². The van der Waals surface area contributed by atoms with E-state index in [2.05, 4.69) is 80.2 Å². The molecule has 4 rings (SSSR count). The molecule has 4 aromatic rings. The van der Waals surface area contributed by atoms with E-state index < -0.39 is 114 Å². The van der Waals surface area contributed by atoms with Crippen LogP contribution in [0.5, 0.6) is 0 Å². The number of ether oxygens (including phenoxy) is 4. The highest BCUT2D eigenvalue weighted by atomic mass is 127. The molecule has 0 saturated carbocycles. The molecule has 6 unspecified atom stereocenters. The Bertz CT molecular complexity index is 3170. The molecule has 0 saturated heterocycles. The molecule has 0 aliphatic rings. The number of alkyl halides is 1. The second kappa shape index (κ2) is 64.0. The highest BCUT2D eigenvalue weighted by Crippen LogP contribution is 2.13. The van der Waals surface area contributed by atoms with Crippen molar-refractivity contribution in [2.75, 3.05) is 38.7 Å². The van der Waals surface area contributed by atoms with Gasteiger partial charge in [-0.25, -0.2) is 59.0 Å². The van der Waals surface area contributed by atoms with Gasteiger partial charge in [0.15, 0.2) is 46.3 Å². The number of rotatable bonds is 16. The van der Waals surface area contributed by atoms with Gasteiger partial charge in [-0.2, -0.15) is 2.86 Å². The number of hydroxylamine groups is 1. The normalized spacial score (nSPS) is 11.8. The van der Waals surface area contributed by atoms with Crippen molar-refractivity contribution in [2.45, 2.75) is 172 Å². The monoisotopic (exact) mass is 1970 g/mol. The number of alkyl carbamates (subject to hydrolysis) is 3. The van der Waals surface area contributed by atoms with Gasteiger partial charge in [-0.15, -0.1) is 48.6 Å². The number of hydrogen-bond acceptors (Lipinski definition) is 19. The maximum absolute atomic E-state index is 12.7. The summed E-state index contributed by atoms with van der Waals surface area (Å²) in [4.78, 5) is 96.9. The minimum Gasteiger partial charge on any atom is -0.480 e. The molecular formula is C64H104BrCl3F5I3N6O18S2. The average molecular weight is 1970 g/mol. The molecule has 594 valence electrons. The van der Waals surface area contributed by atoms with Gasteiger partial charge in [-0.3, -0.25) is 24.0 Å². The van der Waals surface area contributed by atoms with Crippen LogP contribution < -0.4 is 31.9 Å². The van der Waals surface area contributed by atoms with Crippen LogP contribution in [0.2, 0.25) is 0 Å². The molecule has 8 N–H and O–H groups in total. The van der Waals surface area contributed by atoms with Crippen LogP contribution in [0.3, 0.4) is 0 Å². The van der Waals surface area contributed by atoms with Crippen LogP contribution in [0.4, 0.5) is 34.8 Å². The fraction of sp³-hybridized carbons (Fsp3) is 0.500. The maximum atomic E-state index is 12.7. The van der Waals surface area contributed by atoms with E-state index in [1.807, 2.05) is 4.93 Å². The molecule has 0 spiro atoms. The molecule has 0 bridgehead atoms. The van der Waals surface area contributed by atoms with Crippen LogP contribution in [-0.2, 0) is 52.4 Å². The molecule has 0 radical (unpaired) electrons.